The molecule has 2 heterocycles. The van der Waals surface area contributed by atoms with E-state index in [4.69, 9.17) is 13.6 Å². The van der Waals surface area contributed by atoms with Crippen molar-refractivity contribution in [2.45, 2.75) is 0 Å². The van der Waals surface area contributed by atoms with Crippen molar-refractivity contribution in [1.29, 1.82) is 0 Å². The summed E-state index contributed by atoms with van der Waals surface area (Å²) in [5.74, 6) is 0.817. The quantitative estimate of drug-likeness (QED) is 0.649. The van der Waals surface area contributed by atoms with E-state index in [1.165, 1.54) is 0 Å². The number of rotatable bonds is 0. The molecular weight excluding hydrogens is 189 g/mol. The molecule has 68 valence electrons. The first-order chi connectivity index (χ1) is 6.38. The molecule has 0 aromatic heterocycles. The van der Waals surface area contributed by atoms with E-state index in [9.17, 15) is 0 Å². The summed E-state index contributed by atoms with van der Waals surface area (Å²) in [5.41, 5.74) is 0.956. The molecule has 0 atom stereocenters. The van der Waals surface area contributed by atoms with Gasteiger partial charge in [0.15, 0.2) is 0 Å². The van der Waals surface area contributed by atoms with Crippen LogP contribution in [-0.4, -0.2) is 13.2 Å². The number of fused-ring (bicyclic) bond motifs is 1. The highest BCUT2D eigenvalue weighted by Gasteiger charge is 2.57. The van der Waals surface area contributed by atoms with Crippen molar-refractivity contribution in [1.82, 2.24) is 0 Å². The normalized spacial score (nSPS) is 22.5. The van der Waals surface area contributed by atoms with Gasteiger partial charge in [-0.3, -0.25) is 4.52 Å². The van der Waals surface area contributed by atoms with E-state index in [0.29, 0.717) is 13.2 Å². The molecule has 0 radical (unpaired) electrons. The number of hydrogen-bond acceptors (Lipinski definition) is 4. The summed E-state index contributed by atoms with van der Waals surface area (Å²) in [6, 6.07) is 7.74. The Bertz CT molecular complexity index is 311. The summed E-state index contributed by atoms with van der Waals surface area (Å²) >= 11 is 0. The van der Waals surface area contributed by atoms with Gasteiger partial charge in [-0.2, -0.15) is 5.09 Å². The van der Waals surface area contributed by atoms with Crippen LogP contribution in [0.1, 0.15) is 0 Å². The van der Waals surface area contributed by atoms with E-state index < -0.39 is 8.09 Å². The summed E-state index contributed by atoms with van der Waals surface area (Å²) < 4.78 is 16.5. The van der Waals surface area contributed by atoms with Crippen molar-refractivity contribution in [3.63, 3.8) is 0 Å². The zero-order valence-electron chi connectivity index (χ0n) is 6.90. The van der Waals surface area contributed by atoms with Gasteiger partial charge in [0.2, 0.25) is 5.75 Å². The van der Waals surface area contributed by atoms with Gasteiger partial charge in [-0.05, 0) is 12.1 Å². The fourth-order valence-electron chi connectivity index (χ4n) is 1.41. The van der Waals surface area contributed by atoms with E-state index in [1.54, 1.807) is 0 Å². The van der Waals surface area contributed by atoms with Crippen molar-refractivity contribution in [2.24, 2.45) is 0 Å². The van der Waals surface area contributed by atoms with Gasteiger partial charge in [0.1, 0.15) is 18.9 Å². The summed E-state index contributed by atoms with van der Waals surface area (Å²) in [5, 5.41) is 3.15. The number of anilines is 1. The van der Waals surface area contributed by atoms with Crippen molar-refractivity contribution < 1.29 is 13.6 Å². The fraction of sp³-hybridized carbons (Fsp3) is 0.250. The minimum atomic E-state index is -2.23. The highest BCUT2D eigenvalue weighted by molar-refractivity contribution is 7.64. The molecule has 13 heavy (non-hydrogen) atoms. The van der Waals surface area contributed by atoms with Crippen molar-refractivity contribution in [3.05, 3.63) is 24.3 Å². The lowest BCUT2D eigenvalue weighted by molar-refractivity contribution is 0.336. The average molecular weight is 198 g/mol. The van der Waals surface area contributed by atoms with Crippen LogP contribution in [0.5, 0.6) is 5.75 Å². The molecule has 3 rings (SSSR count). The predicted molar refractivity (Wildman–Crippen MR) is 49.5 cm³/mol. The Hall–Kier alpha value is -0.830. The predicted octanol–water partition coefficient (Wildman–Crippen LogP) is 2.22. The van der Waals surface area contributed by atoms with Crippen LogP contribution in [0.25, 0.3) is 0 Å². The monoisotopic (exact) mass is 198 g/mol. The third-order valence-electron chi connectivity index (χ3n) is 1.97. The van der Waals surface area contributed by atoms with Crippen LogP contribution in [0.3, 0.4) is 0 Å². The Labute approximate surface area is 76.4 Å². The molecule has 1 aromatic carbocycles. The number of benzene rings is 1. The van der Waals surface area contributed by atoms with Crippen LogP contribution in [0, 0.1) is 0 Å². The van der Waals surface area contributed by atoms with Crippen LogP contribution < -0.4 is 9.61 Å². The fourth-order valence-corrected chi connectivity index (χ4v) is 3.29. The lowest BCUT2D eigenvalue weighted by Crippen LogP contribution is -2.02. The SMILES string of the molecule is c1ccc2c(c1)N[P+]1(OCCO1)O2. The van der Waals surface area contributed by atoms with Crippen LogP contribution in [-0.2, 0) is 9.05 Å². The molecule has 5 heteroatoms. The smallest absolute Gasteiger partial charge is 0.263 e. The minimum absolute atomic E-state index is 0.606. The molecule has 0 bridgehead atoms. The summed E-state index contributed by atoms with van der Waals surface area (Å²) in [6.45, 7) is 1.21. The number of nitrogens with one attached hydrogen (secondary N) is 1. The van der Waals surface area contributed by atoms with E-state index >= 15 is 0 Å². The van der Waals surface area contributed by atoms with Gasteiger partial charge in [-0.1, -0.05) is 12.1 Å². The molecule has 1 spiro atoms. The molecule has 0 amide bonds. The highest BCUT2D eigenvalue weighted by atomic mass is 31.2. The van der Waals surface area contributed by atoms with Gasteiger partial charge in [-0.15, -0.1) is 9.05 Å². The first-order valence-electron chi connectivity index (χ1n) is 4.13. The van der Waals surface area contributed by atoms with Crippen LogP contribution in [0.15, 0.2) is 24.3 Å². The minimum Gasteiger partial charge on any atom is -0.263 e. The second-order valence-corrected chi connectivity index (χ2v) is 4.78. The van der Waals surface area contributed by atoms with Gasteiger partial charge >= 0.3 is 8.09 Å². The lowest BCUT2D eigenvalue weighted by Gasteiger charge is -2.05. The van der Waals surface area contributed by atoms with Crippen LogP contribution >= 0.6 is 8.09 Å². The van der Waals surface area contributed by atoms with E-state index in [-0.39, 0.29) is 0 Å². The third kappa shape index (κ3) is 1.10. The first kappa shape index (κ1) is 7.56. The lowest BCUT2D eigenvalue weighted by atomic mass is 10.3. The molecule has 1 N–H and O–H groups in total. The Balaban J connectivity index is 1.96. The average Bonchev–Trinajstić information content (AvgIpc) is 2.72. The zero-order valence-corrected chi connectivity index (χ0v) is 7.79. The van der Waals surface area contributed by atoms with Gasteiger partial charge in [0, 0.05) is 0 Å². The zero-order chi connectivity index (χ0) is 8.73. The number of para-hydroxylation sites is 2. The molecule has 1 saturated heterocycles. The number of hydrogen-bond donors (Lipinski definition) is 1. The molecule has 0 saturated carbocycles. The van der Waals surface area contributed by atoms with E-state index in [0.717, 1.165) is 11.4 Å². The van der Waals surface area contributed by atoms with Gasteiger partial charge in [0.05, 0.1) is 0 Å². The largest absolute Gasteiger partial charge is 0.574 e. The second kappa shape index (κ2) is 2.58. The van der Waals surface area contributed by atoms with E-state index in [2.05, 4.69) is 5.09 Å². The van der Waals surface area contributed by atoms with Crippen molar-refractivity contribution >= 4 is 13.8 Å². The van der Waals surface area contributed by atoms with Gasteiger partial charge in [-0.25, -0.2) is 0 Å². The highest BCUT2D eigenvalue weighted by Crippen LogP contribution is 2.68. The molecule has 2 aliphatic heterocycles. The third-order valence-corrected chi connectivity index (χ3v) is 3.97. The Morgan fingerprint density at radius 3 is 2.69 bits per heavy atom. The topological polar surface area (TPSA) is 39.7 Å². The Morgan fingerprint density at radius 2 is 1.92 bits per heavy atom. The molecule has 0 unspecified atom stereocenters. The van der Waals surface area contributed by atoms with Crippen LogP contribution in [0.2, 0.25) is 0 Å². The maximum absolute atomic E-state index is 5.61. The molecule has 2 aliphatic rings. The van der Waals surface area contributed by atoms with Gasteiger partial charge in [0.25, 0.3) is 0 Å². The molecule has 4 nitrogen and oxygen atoms in total. The Morgan fingerprint density at radius 1 is 1.15 bits per heavy atom. The molecule has 1 aromatic rings. The van der Waals surface area contributed by atoms with Gasteiger partial charge < -0.3 is 0 Å². The molecular formula is C8H9NO3P+. The summed E-state index contributed by atoms with van der Waals surface area (Å²) in [6.07, 6.45) is 0. The summed E-state index contributed by atoms with van der Waals surface area (Å²) in [4.78, 5) is 0. The first-order valence-corrected chi connectivity index (χ1v) is 5.67. The van der Waals surface area contributed by atoms with Crippen molar-refractivity contribution in [3.8, 4) is 5.75 Å². The standard InChI is InChI=1S/C8H9NO3P/c1-2-4-8-7(3-1)9-13(12-8)10-5-6-11-13/h1-4,9H,5-6H2/q+1. The maximum atomic E-state index is 5.61. The molecule has 0 aliphatic carbocycles. The van der Waals surface area contributed by atoms with Crippen molar-refractivity contribution in [2.75, 3.05) is 18.3 Å². The van der Waals surface area contributed by atoms with Crippen LogP contribution in [0.4, 0.5) is 5.69 Å². The second-order valence-electron chi connectivity index (χ2n) is 2.86. The summed E-state index contributed by atoms with van der Waals surface area (Å²) in [7, 11) is -2.23. The maximum Gasteiger partial charge on any atom is 0.574 e. The van der Waals surface area contributed by atoms with E-state index in [1.807, 2.05) is 24.3 Å². The molecule has 1 fully saturated rings. The Kier molecular flexibility index (Phi) is 1.50.